The Kier molecular flexibility index (Phi) is 5.05. The van der Waals surface area contributed by atoms with Gasteiger partial charge in [-0.3, -0.25) is 4.79 Å². The predicted octanol–water partition coefficient (Wildman–Crippen LogP) is 3.30. The first-order chi connectivity index (χ1) is 11.1. The van der Waals surface area contributed by atoms with Gasteiger partial charge in [-0.05, 0) is 55.2 Å². The Hall–Kier alpha value is -1.35. The van der Waals surface area contributed by atoms with Crippen LogP contribution in [0.4, 0.5) is 0 Å². The highest BCUT2D eigenvalue weighted by Crippen LogP contribution is 2.39. The molecule has 0 radical (unpaired) electrons. The second kappa shape index (κ2) is 7.04. The van der Waals surface area contributed by atoms with E-state index in [1.807, 2.05) is 11.9 Å². The molecule has 1 unspecified atom stereocenters. The van der Waals surface area contributed by atoms with Gasteiger partial charge < -0.3 is 10.6 Å². The van der Waals surface area contributed by atoms with Gasteiger partial charge in [-0.1, -0.05) is 43.5 Å². The lowest BCUT2D eigenvalue weighted by atomic mass is 9.71. The average molecular weight is 314 g/mol. The van der Waals surface area contributed by atoms with E-state index in [-0.39, 0.29) is 5.41 Å². The van der Waals surface area contributed by atoms with Crippen molar-refractivity contribution in [3.05, 3.63) is 35.4 Å². The largest absolute Gasteiger partial charge is 0.342 e. The summed E-state index contributed by atoms with van der Waals surface area (Å²) in [7, 11) is 1.99. The minimum absolute atomic E-state index is 0.0656. The quantitative estimate of drug-likeness (QED) is 0.927. The molecule has 1 fully saturated rings. The maximum absolute atomic E-state index is 12.9. The van der Waals surface area contributed by atoms with E-state index in [0.717, 1.165) is 32.1 Å². The van der Waals surface area contributed by atoms with Crippen LogP contribution >= 0.6 is 0 Å². The number of fused-ring (bicyclic) bond motifs is 1. The summed E-state index contributed by atoms with van der Waals surface area (Å²) in [6.45, 7) is 0.653. The zero-order valence-corrected chi connectivity index (χ0v) is 14.4. The summed E-state index contributed by atoms with van der Waals surface area (Å²) in [6.07, 6.45) is 9.79. The number of amides is 1. The number of carbonyl (C=O) groups excluding carboxylic acids is 1. The van der Waals surface area contributed by atoms with Gasteiger partial charge >= 0.3 is 0 Å². The zero-order valence-electron chi connectivity index (χ0n) is 14.4. The Morgan fingerprint density at radius 3 is 2.61 bits per heavy atom. The van der Waals surface area contributed by atoms with Gasteiger partial charge in [0.2, 0.25) is 5.91 Å². The summed E-state index contributed by atoms with van der Waals surface area (Å²) in [5.74, 6) is 0.293. The van der Waals surface area contributed by atoms with Crippen molar-refractivity contribution in [2.45, 2.75) is 63.8 Å². The maximum atomic E-state index is 12.9. The molecule has 3 heteroatoms. The molecule has 1 aromatic carbocycles. The number of hydrogen-bond acceptors (Lipinski definition) is 2. The third-order valence-electron chi connectivity index (χ3n) is 6.14. The Morgan fingerprint density at radius 1 is 1.22 bits per heavy atom. The molecule has 1 amide bonds. The van der Waals surface area contributed by atoms with Gasteiger partial charge in [-0.15, -0.1) is 0 Å². The van der Waals surface area contributed by atoms with Crippen LogP contribution in [-0.4, -0.2) is 30.4 Å². The SMILES string of the molecule is CN(C(=O)CC1(CN)CCCCC1)C1CCc2ccccc2C1. The van der Waals surface area contributed by atoms with Gasteiger partial charge in [0.05, 0.1) is 0 Å². The third kappa shape index (κ3) is 3.60. The first-order valence-electron chi connectivity index (χ1n) is 9.16. The molecule has 0 bridgehead atoms. The van der Waals surface area contributed by atoms with E-state index in [0.29, 0.717) is 24.9 Å². The maximum Gasteiger partial charge on any atom is 0.223 e. The van der Waals surface area contributed by atoms with Gasteiger partial charge in [-0.25, -0.2) is 0 Å². The summed E-state index contributed by atoms with van der Waals surface area (Å²) in [5.41, 5.74) is 8.99. The first kappa shape index (κ1) is 16.5. The van der Waals surface area contributed by atoms with Crippen LogP contribution in [0.2, 0.25) is 0 Å². The minimum atomic E-state index is 0.0656. The lowest BCUT2D eigenvalue weighted by molar-refractivity contribution is -0.135. The summed E-state index contributed by atoms with van der Waals surface area (Å²) in [5, 5.41) is 0. The van der Waals surface area contributed by atoms with Crippen molar-refractivity contribution in [1.29, 1.82) is 0 Å². The summed E-state index contributed by atoms with van der Waals surface area (Å²) in [6, 6.07) is 8.99. The fourth-order valence-electron chi connectivity index (χ4n) is 4.41. The van der Waals surface area contributed by atoms with Gasteiger partial charge in [0.1, 0.15) is 0 Å². The molecule has 0 heterocycles. The van der Waals surface area contributed by atoms with Crippen LogP contribution in [0.1, 0.15) is 56.1 Å². The standard InChI is InChI=1S/C20H30N2O/c1-22(18-10-9-16-7-3-4-8-17(16)13-18)19(23)14-20(15-21)11-5-2-6-12-20/h3-4,7-8,18H,2,5-6,9-15,21H2,1H3. The highest BCUT2D eigenvalue weighted by atomic mass is 16.2. The topological polar surface area (TPSA) is 46.3 Å². The van der Waals surface area contributed by atoms with Crippen LogP contribution in [0.25, 0.3) is 0 Å². The number of carbonyl (C=O) groups is 1. The molecule has 1 aromatic rings. The van der Waals surface area contributed by atoms with Crippen molar-refractivity contribution in [2.24, 2.45) is 11.1 Å². The second-order valence-electron chi connectivity index (χ2n) is 7.61. The van der Waals surface area contributed by atoms with Crippen molar-refractivity contribution in [1.82, 2.24) is 4.90 Å². The molecule has 3 nitrogen and oxygen atoms in total. The number of benzene rings is 1. The lowest BCUT2D eigenvalue weighted by Gasteiger charge is -2.39. The van der Waals surface area contributed by atoms with E-state index >= 15 is 0 Å². The highest BCUT2D eigenvalue weighted by molar-refractivity contribution is 5.77. The Morgan fingerprint density at radius 2 is 1.91 bits per heavy atom. The molecular formula is C20H30N2O. The molecule has 126 valence electrons. The third-order valence-corrected chi connectivity index (χ3v) is 6.14. The average Bonchev–Trinajstić information content (AvgIpc) is 2.61. The predicted molar refractivity (Wildman–Crippen MR) is 94.2 cm³/mol. The summed E-state index contributed by atoms with van der Waals surface area (Å²) >= 11 is 0. The van der Waals surface area contributed by atoms with E-state index in [2.05, 4.69) is 24.3 Å². The molecule has 0 saturated heterocycles. The highest BCUT2D eigenvalue weighted by Gasteiger charge is 2.35. The van der Waals surface area contributed by atoms with Crippen LogP contribution in [0.3, 0.4) is 0 Å². The molecule has 23 heavy (non-hydrogen) atoms. The van der Waals surface area contributed by atoms with E-state index in [4.69, 9.17) is 5.73 Å². The first-order valence-corrected chi connectivity index (χ1v) is 9.16. The van der Waals surface area contributed by atoms with Crippen molar-refractivity contribution in [3.8, 4) is 0 Å². The molecule has 2 N–H and O–H groups in total. The molecular weight excluding hydrogens is 284 g/mol. The van der Waals surface area contributed by atoms with Gasteiger partial charge in [-0.2, -0.15) is 0 Å². The van der Waals surface area contributed by atoms with E-state index in [9.17, 15) is 4.79 Å². The van der Waals surface area contributed by atoms with Crippen LogP contribution < -0.4 is 5.73 Å². The van der Waals surface area contributed by atoms with Gasteiger partial charge in [0.25, 0.3) is 0 Å². The number of likely N-dealkylation sites (N-methyl/N-ethyl adjacent to an activating group) is 1. The number of rotatable bonds is 4. The molecule has 0 aromatic heterocycles. The van der Waals surface area contributed by atoms with Crippen molar-refractivity contribution in [3.63, 3.8) is 0 Å². The van der Waals surface area contributed by atoms with Crippen molar-refractivity contribution >= 4 is 5.91 Å². The lowest BCUT2D eigenvalue weighted by Crippen LogP contribution is -2.44. The van der Waals surface area contributed by atoms with E-state index in [1.54, 1.807) is 0 Å². The van der Waals surface area contributed by atoms with Crippen LogP contribution in [0.5, 0.6) is 0 Å². The normalized spacial score (nSPS) is 23.1. The fourth-order valence-corrected chi connectivity index (χ4v) is 4.41. The molecule has 0 aliphatic heterocycles. The van der Waals surface area contributed by atoms with Crippen LogP contribution in [0, 0.1) is 5.41 Å². The number of nitrogens with zero attached hydrogens (tertiary/aromatic N) is 1. The second-order valence-corrected chi connectivity index (χ2v) is 7.61. The number of aryl methyl sites for hydroxylation is 1. The molecule has 2 aliphatic rings. The summed E-state index contributed by atoms with van der Waals surface area (Å²) < 4.78 is 0. The van der Waals surface area contributed by atoms with Crippen molar-refractivity contribution < 1.29 is 4.79 Å². The number of hydrogen-bond donors (Lipinski definition) is 1. The molecule has 1 saturated carbocycles. The van der Waals surface area contributed by atoms with Crippen LogP contribution in [-0.2, 0) is 17.6 Å². The molecule has 3 rings (SSSR count). The van der Waals surface area contributed by atoms with Crippen molar-refractivity contribution in [2.75, 3.05) is 13.6 Å². The Bertz CT molecular complexity index is 548. The van der Waals surface area contributed by atoms with E-state index < -0.39 is 0 Å². The van der Waals surface area contributed by atoms with Gasteiger partial charge in [0.15, 0.2) is 0 Å². The molecule has 2 aliphatic carbocycles. The van der Waals surface area contributed by atoms with E-state index in [1.165, 1.54) is 30.4 Å². The zero-order chi connectivity index (χ0) is 16.3. The van der Waals surface area contributed by atoms with Gasteiger partial charge in [0, 0.05) is 19.5 Å². The molecule has 1 atom stereocenters. The summed E-state index contributed by atoms with van der Waals surface area (Å²) in [4.78, 5) is 14.9. The fraction of sp³-hybridized carbons (Fsp3) is 0.650. The monoisotopic (exact) mass is 314 g/mol. The Balaban J connectivity index is 1.64. The Labute approximate surface area is 140 Å². The smallest absolute Gasteiger partial charge is 0.223 e. The minimum Gasteiger partial charge on any atom is -0.342 e. The van der Waals surface area contributed by atoms with Crippen LogP contribution in [0.15, 0.2) is 24.3 Å². The number of nitrogens with two attached hydrogens (primary N) is 1. The molecule has 0 spiro atoms.